The van der Waals surface area contributed by atoms with Gasteiger partial charge in [0.05, 0.1) is 0 Å². The maximum Gasteiger partial charge on any atom is 0.321 e. The van der Waals surface area contributed by atoms with Crippen LogP contribution in [0.2, 0.25) is 0 Å². The Kier molecular flexibility index (Phi) is 4.41. The molecule has 0 radical (unpaired) electrons. The van der Waals surface area contributed by atoms with Crippen LogP contribution in [0.25, 0.3) is 0 Å². The zero-order chi connectivity index (χ0) is 16.2. The van der Waals surface area contributed by atoms with E-state index < -0.39 is 0 Å². The van der Waals surface area contributed by atoms with Gasteiger partial charge in [0, 0.05) is 44.3 Å². The van der Waals surface area contributed by atoms with E-state index in [4.69, 9.17) is 0 Å². The Bertz CT molecular complexity index is 660. The first kappa shape index (κ1) is 15.3. The van der Waals surface area contributed by atoms with Gasteiger partial charge in [-0.25, -0.2) is 14.8 Å². The van der Waals surface area contributed by atoms with Gasteiger partial charge in [0.2, 0.25) is 5.95 Å². The van der Waals surface area contributed by atoms with E-state index in [1.165, 1.54) is 0 Å². The number of piperazine rings is 1. The number of anilines is 2. The molecular weight excluding hydrogens is 290 g/mol. The highest BCUT2D eigenvalue weighted by molar-refractivity contribution is 5.89. The van der Waals surface area contributed by atoms with Crippen molar-refractivity contribution in [3.8, 4) is 0 Å². The number of benzene rings is 1. The van der Waals surface area contributed by atoms with Gasteiger partial charge in [-0.2, -0.15) is 0 Å². The lowest BCUT2D eigenvalue weighted by molar-refractivity contribution is 0.208. The second-order valence-corrected chi connectivity index (χ2v) is 5.83. The SMILES string of the molecule is Cc1cc(C)cc(NC(=O)N2CCN(c3ncccn3)CC2)c1. The molecule has 3 rings (SSSR count). The van der Waals surface area contributed by atoms with Crippen molar-refractivity contribution in [2.75, 3.05) is 36.4 Å². The summed E-state index contributed by atoms with van der Waals surface area (Å²) in [5, 5.41) is 2.99. The molecule has 0 spiro atoms. The van der Waals surface area contributed by atoms with Crippen LogP contribution >= 0.6 is 0 Å². The Morgan fingerprint density at radius 1 is 1.00 bits per heavy atom. The summed E-state index contributed by atoms with van der Waals surface area (Å²) in [5.41, 5.74) is 3.14. The molecule has 6 nitrogen and oxygen atoms in total. The molecule has 1 aliphatic heterocycles. The number of carbonyl (C=O) groups excluding carboxylic acids is 1. The van der Waals surface area contributed by atoms with Gasteiger partial charge in [-0.05, 0) is 43.2 Å². The average Bonchev–Trinajstić information content (AvgIpc) is 2.55. The van der Waals surface area contributed by atoms with E-state index in [2.05, 4.69) is 26.3 Å². The summed E-state index contributed by atoms with van der Waals surface area (Å²) in [4.78, 5) is 24.8. The van der Waals surface area contributed by atoms with E-state index >= 15 is 0 Å². The molecule has 23 heavy (non-hydrogen) atoms. The third-order valence-electron chi connectivity index (χ3n) is 3.87. The lowest BCUT2D eigenvalue weighted by atomic mass is 10.1. The predicted molar refractivity (Wildman–Crippen MR) is 90.8 cm³/mol. The number of urea groups is 1. The van der Waals surface area contributed by atoms with Crippen LogP contribution < -0.4 is 10.2 Å². The molecule has 2 amide bonds. The number of carbonyl (C=O) groups is 1. The third-order valence-corrected chi connectivity index (χ3v) is 3.87. The maximum atomic E-state index is 12.4. The molecule has 0 aliphatic carbocycles. The molecule has 1 fully saturated rings. The number of amides is 2. The van der Waals surface area contributed by atoms with Crippen LogP contribution in [0.1, 0.15) is 11.1 Å². The Morgan fingerprint density at radius 3 is 2.22 bits per heavy atom. The normalized spacial score (nSPS) is 14.7. The van der Waals surface area contributed by atoms with Crippen molar-refractivity contribution in [1.82, 2.24) is 14.9 Å². The number of hydrogen-bond donors (Lipinski definition) is 1. The predicted octanol–water partition coefficient (Wildman–Crippen LogP) is 2.45. The zero-order valence-corrected chi connectivity index (χ0v) is 13.5. The van der Waals surface area contributed by atoms with Crippen LogP contribution in [-0.4, -0.2) is 47.1 Å². The number of nitrogens with zero attached hydrogens (tertiary/aromatic N) is 4. The first-order chi connectivity index (χ1) is 11.1. The molecule has 0 unspecified atom stereocenters. The minimum atomic E-state index is -0.0522. The van der Waals surface area contributed by atoms with Crippen LogP contribution in [0.3, 0.4) is 0 Å². The minimum absolute atomic E-state index is 0.0522. The summed E-state index contributed by atoms with van der Waals surface area (Å²) in [6, 6.07) is 7.81. The van der Waals surface area contributed by atoms with Gasteiger partial charge in [-0.3, -0.25) is 0 Å². The molecule has 0 saturated carbocycles. The third kappa shape index (κ3) is 3.77. The van der Waals surface area contributed by atoms with Crippen LogP contribution in [0.4, 0.5) is 16.4 Å². The molecule has 1 saturated heterocycles. The quantitative estimate of drug-likeness (QED) is 0.925. The Labute approximate surface area is 136 Å². The highest BCUT2D eigenvalue weighted by atomic mass is 16.2. The summed E-state index contributed by atoms with van der Waals surface area (Å²) >= 11 is 0. The first-order valence-electron chi connectivity index (χ1n) is 7.78. The lowest BCUT2D eigenvalue weighted by Gasteiger charge is -2.34. The second kappa shape index (κ2) is 6.64. The Morgan fingerprint density at radius 2 is 1.61 bits per heavy atom. The number of aromatic nitrogens is 2. The van der Waals surface area contributed by atoms with Crippen LogP contribution in [-0.2, 0) is 0 Å². The first-order valence-corrected chi connectivity index (χ1v) is 7.78. The number of hydrogen-bond acceptors (Lipinski definition) is 4. The highest BCUT2D eigenvalue weighted by Gasteiger charge is 2.22. The van der Waals surface area contributed by atoms with Crippen LogP contribution in [0.5, 0.6) is 0 Å². The second-order valence-electron chi connectivity index (χ2n) is 5.83. The smallest absolute Gasteiger partial charge is 0.321 e. The van der Waals surface area contributed by atoms with Crippen molar-refractivity contribution in [2.24, 2.45) is 0 Å². The molecule has 1 N–H and O–H groups in total. The van der Waals surface area contributed by atoms with Crippen molar-refractivity contribution in [3.05, 3.63) is 47.8 Å². The van der Waals surface area contributed by atoms with Crippen molar-refractivity contribution in [3.63, 3.8) is 0 Å². The number of aryl methyl sites for hydroxylation is 2. The van der Waals surface area contributed by atoms with Crippen LogP contribution in [0.15, 0.2) is 36.7 Å². The van der Waals surface area contributed by atoms with Gasteiger partial charge in [-0.1, -0.05) is 6.07 Å². The fourth-order valence-electron chi connectivity index (χ4n) is 2.81. The fraction of sp³-hybridized carbons (Fsp3) is 0.353. The largest absolute Gasteiger partial charge is 0.337 e. The summed E-state index contributed by atoms with van der Waals surface area (Å²) in [5.74, 6) is 0.724. The van der Waals surface area contributed by atoms with E-state index in [0.29, 0.717) is 13.1 Å². The molecule has 2 heterocycles. The molecule has 1 aromatic carbocycles. The standard InChI is InChI=1S/C17H21N5O/c1-13-10-14(2)12-15(11-13)20-17(23)22-8-6-21(7-9-22)16-18-4-3-5-19-16/h3-5,10-12H,6-9H2,1-2H3,(H,20,23). The topological polar surface area (TPSA) is 61.4 Å². The molecule has 2 aromatic rings. The van der Waals surface area contributed by atoms with Crippen molar-refractivity contribution in [2.45, 2.75) is 13.8 Å². The summed E-state index contributed by atoms with van der Waals surface area (Å²) in [6.45, 7) is 6.86. The van der Waals surface area contributed by atoms with Crippen molar-refractivity contribution < 1.29 is 4.79 Å². The molecule has 0 bridgehead atoms. The average molecular weight is 311 g/mol. The fourth-order valence-corrected chi connectivity index (χ4v) is 2.81. The molecule has 1 aliphatic rings. The molecule has 6 heteroatoms. The van der Waals surface area contributed by atoms with Gasteiger partial charge in [0.15, 0.2) is 0 Å². The summed E-state index contributed by atoms with van der Waals surface area (Å²) in [6.07, 6.45) is 3.48. The van der Waals surface area contributed by atoms with Crippen molar-refractivity contribution >= 4 is 17.7 Å². The van der Waals surface area contributed by atoms with Crippen LogP contribution in [0, 0.1) is 13.8 Å². The van der Waals surface area contributed by atoms with E-state index in [-0.39, 0.29) is 6.03 Å². The Balaban J connectivity index is 1.58. The number of nitrogens with one attached hydrogen (secondary N) is 1. The van der Waals surface area contributed by atoms with Gasteiger partial charge in [0.25, 0.3) is 0 Å². The maximum absolute atomic E-state index is 12.4. The van der Waals surface area contributed by atoms with E-state index in [9.17, 15) is 4.79 Å². The van der Waals surface area contributed by atoms with Gasteiger partial charge >= 0.3 is 6.03 Å². The molecule has 1 aromatic heterocycles. The minimum Gasteiger partial charge on any atom is -0.337 e. The summed E-state index contributed by atoms with van der Waals surface area (Å²) < 4.78 is 0. The van der Waals surface area contributed by atoms with Crippen molar-refractivity contribution in [1.29, 1.82) is 0 Å². The number of rotatable bonds is 2. The Hall–Kier alpha value is -2.63. The summed E-state index contributed by atoms with van der Waals surface area (Å²) in [7, 11) is 0. The van der Waals surface area contributed by atoms with Gasteiger partial charge < -0.3 is 15.1 Å². The molecule has 0 atom stereocenters. The monoisotopic (exact) mass is 311 g/mol. The highest BCUT2D eigenvalue weighted by Crippen LogP contribution is 2.15. The molecular formula is C17H21N5O. The van der Waals surface area contributed by atoms with Gasteiger partial charge in [0.1, 0.15) is 0 Å². The van der Waals surface area contributed by atoms with E-state index in [1.54, 1.807) is 18.5 Å². The zero-order valence-electron chi connectivity index (χ0n) is 13.5. The lowest BCUT2D eigenvalue weighted by Crippen LogP contribution is -2.50. The van der Waals surface area contributed by atoms with Gasteiger partial charge in [-0.15, -0.1) is 0 Å². The molecule has 120 valence electrons. The van der Waals surface area contributed by atoms with E-state index in [1.807, 2.05) is 30.9 Å². The van der Waals surface area contributed by atoms with E-state index in [0.717, 1.165) is 35.9 Å².